The Morgan fingerprint density at radius 1 is 0.929 bits per heavy atom. The molecule has 2 nitrogen and oxygen atoms in total. The summed E-state index contributed by atoms with van der Waals surface area (Å²) in [5.41, 5.74) is 0. The van der Waals surface area contributed by atoms with Gasteiger partial charge in [-0.2, -0.15) is 0 Å². The zero-order chi connectivity index (χ0) is 10.5. The summed E-state index contributed by atoms with van der Waals surface area (Å²) in [7, 11) is 0. The van der Waals surface area contributed by atoms with Crippen LogP contribution in [0.2, 0.25) is 0 Å². The molecule has 0 aromatic rings. The third-order valence-electron chi connectivity index (χ3n) is 2.27. The number of hydrogen-bond donors (Lipinski definition) is 1. The molecule has 0 spiro atoms. The first kappa shape index (κ1) is 13.9. The van der Waals surface area contributed by atoms with E-state index in [0.29, 0.717) is 0 Å². The highest BCUT2D eigenvalue weighted by molar-refractivity contribution is 4.48. The maximum absolute atomic E-state index is 5.28. The van der Waals surface area contributed by atoms with Crippen LogP contribution in [-0.2, 0) is 4.74 Å². The molecule has 0 aromatic heterocycles. The first-order valence-electron chi connectivity index (χ1n) is 6.20. The van der Waals surface area contributed by atoms with Crippen molar-refractivity contribution in [3.63, 3.8) is 0 Å². The fraction of sp³-hybridized carbons (Fsp3) is 1.00. The first-order valence-corrected chi connectivity index (χ1v) is 6.20. The molecule has 1 N–H and O–H groups in total. The molecular formula is C12H29NO. The van der Waals surface area contributed by atoms with Crippen molar-refractivity contribution in [3.8, 4) is 0 Å². The highest BCUT2D eigenvalue weighted by Gasteiger charge is 1.90. The minimum Gasteiger partial charge on any atom is -0.382 e. The molecule has 0 radical (unpaired) electrons. The fourth-order valence-corrected chi connectivity index (χ4v) is 1.43. The van der Waals surface area contributed by atoms with Gasteiger partial charge in [-0.25, -0.2) is 0 Å². The van der Waals surface area contributed by atoms with E-state index in [1.165, 1.54) is 51.6 Å². The van der Waals surface area contributed by atoms with E-state index in [9.17, 15) is 0 Å². The fourth-order valence-electron chi connectivity index (χ4n) is 1.43. The van der Waals surface area contributed by atoms with Gasteiger partial charge in [0.05, 0.1) is 0 Å². The van der Waals surface area contributed by atoms with E-state index < -0.39 is 0 Å². The zero-order valence-corrected chi connectivity index (χ0v) is 9.98. The van der Waals surface area contributed by atoms with Gasteiger partial charge in [-0.05, 0) is 39.3 Å². The molecule has 0 rings (SSSR count). The second-order valence-electron chi connectivity index (χ2n) is 3.71. The van der Waals surface area contributed by atoms with Gasteiger partial charge >= 0.3 is 0 Å². The van der Waals surface area contributed by atoms with Gasteiger partial charge < -0.3 is 10.1 Å². The van der Waals surface area contributed by atoms with Crippen molar-refractivity contribution in [2.45, 2.75) is 52.4 Å². The van der Waals surface area contributed by atoms with Crippen LogP contribution in [0.5, 0.6) is 0 Å². The average molecular weight is 203 g/mol. The van der Waals surface area contributed by atoms with E-state index in [1.54, 1.807) is 0 Å². The Morgan fingerprint density at radius 3 is 2.36 bits per heavy atom. The van der Waals surface area contributed by atoms with Crippen LogP contribution in [0.4, 0.5) is 0 Å². The lowest BCUT2D eigenvalue weighted by molar-refractivity contribution is 0.143. The topological polar surface area (TPSA) is 21.3 Å². The molecule has 2 heteroatoms. The number of rotatable bonds is 11. The van der Waals surface area contributed by atoms with Crippen molar-refractivity contribution in [1.82, 2.24) is 5.32 Å². The third kappa shape index (κ3) is 11.9. The van der Waals surface area contributed by atoms with Crippen LogP contribution in [0.3, 0.4) is 0 Å². The number of hydrogen-bond acceptors (Lipinski definition) is 2. The summed E-state index contributed by atoms with van der Waals surface area (Å²) in [5.74, 6) is 0. The van der Waals surface area contributed by atoms with Crippen molar-refractivity contribution in [3.05, 3.63) is 0 Å². The largest absolute Gasteiger partial charge is 0.382 e. The number of unbranched alkanes of at least 4 members (excludes halogenated alkanes) is 4. The SMILES string of the molecule is CCCNCCCCCCCOCC.[HH]. The van der Waals surface area contributed by atoms with Crippen molar-refractivity contribution in [1.29, 1.82) is 0 Å². The Hall–Kier alpha value is -0.0800. The van der Waals surface area contributed by atoms with Gasteiger partial charge in [-0.15, -0.1) is 0 Å². The second-order valence-corrected chi connectivity index (χ2v) is 3.71. The summed E-state index contributed by atoms with van der Waals surface area (Å²) >= 11 is 0. The smallest absolute Gasteiger partial charge is 0.0465 e. The number of nitrogens with one attached hydrogen (secondary N) is 1. The molecule has 0 atom stereocenters. The normalized spacial score (nSPS) is 10.7. The molecule has 0 aliphatic heterocycles. The minimum atomic E-state index is 0. The molecule has 0 amide bonds. The highest BCUT2D eigenvalue weighted by Crippen LogP contribution is 2.02. The molecule has 0 fully saturated rings. The Bertz CT molecular complexity index is 89.6. The highest BCUT2D eigenvalue weighted by atomic mass is 16.5. The minimum absolute atomic E-state index is 0. The van der Waals surface area contributed by atoms with Crippen LogP contribution in [0.1, 0.15) is 53.8 Å². The van der Waals surface area contributed by atoms with Gasteiger partial charge in [0.15, 0.2) is 0 Å². The predicted octanol–water partition coefficient (Wildman–Crippen LogP) is 3.22. The average Bonchev–Trinajstić information content (AvgIpc) is 2.21. The lowest BCUT2D eigenvalue weighted by Crippen LogP contribution is -2.15. The van der Waals surface area contributed by atoms with Gasteiger partial charge in [-0.3, -0.25) is 0 Å². The summed E-state index contributed by atoms with van der Waals surface area (Å²) < 4.78 is 5.28. The van der Waals surface area contributed by atoms with Crippen LogP contribution in [-0.4, -0.2) is 26.3 Å². The van der Waals surface area contributed by atoms with Gasteiger partial charge in [-0.1, -0.05) is 26.2 Å². The van der Waals surface area contributed by atoms with Gasteiger partial charge in [0.1, 0.15) is 0 Å². The Morgan fingerprint density at radius 2 is 1.64 bits per heavy atom. The van der Waals surface area contributed by atoms with E-state index in [1.807, 2.05) is 0 Å². The van der Waals surface area contributed by atoms with Gasteiger partial charge in [0.25, 0.3) is 0 Å². The lowest BCUT2D eigenvalue weighted by Gasteiger charge is -2.03. The molecule has 88 valence electrons. The van der Waals surface area contributed by atoms with Gasteiger partial charge in [0, 0.05) is 14.6 Å². The van der Waals surface area contributed by atoms with E-state index in [4.69, 9.17) is 4.74 Å². The van der Waals surface area contributed by atoms with Crippen LogP contribution in [0, 0.1) is 0 Å². The molecule has 0 aromatic carbocycles. The molecule has 0 unspecified atom stereocenters. The molecule has 0 aliphatic rings. The molecular weight excluding hydrogens is 174 g/mol. The van der Waals surface area contributed by atoms with Crippen LogP contribution in [0.15, 0.2) is 0 Å². The summed E-state index contributed by atoms with van der Waals surface area (Å²) in [4.78, 5) is 0. The predicted molar refractivity (Wildman–Crippen MR) is 64.9 cm³/mol. The van der Waals surface area contributed by atoms with E-state index in [2.05, 4.69) is 19.2 Å². The summed E-state index contributed by atoms with van der Waals surface area (Å²) in [6.45, 7) is 8.44. The summed E-state index contributed by atoms with van der Waals surface area (Å²) in [5, 5.41) is 3.42. The van der Waals surface area contributed by atoms with Crippen LogP contribution in [0.25, 0.3) is 0 Å². The zero-order valence-electron chi connectivity index (χ0n) is 9.98. The lowest BCUT2D eigenvalue weighted by atomic mass is 10.1. The molecule has 0 aliphatic carbocycles. The molecule has 0 saturated carbocycles. The second kappa shape index (κ2) is 12.9. The monoisotopic (exact) mass is 203 g/mol. The summed E-state index contributed by atoms with van der Waals surface area (Å²) in [6.07, 6.45) is 7.86. The van der Waals surface area contributed by atoms with Crippen molar-refractivity contribution < 1.29 is 6.16 Å². The first-order chi connectivity index (χ1) is 6.91. The molecule has 0 bridgehead atoms. The molecule has 0 saturated heterocycles. The molecule has 0 heterocycles. The Balaban J connectivity index is 0. The van der Waals surface area contributed by atoms with E-state index >= 15 is 0 Å². The Labute approximate surface area is 90.9 Å². The van der Waals surface area contributed by atoms with Crippen molar-refractivity contribution >= 4 is 0 Å². The number of ether oxygens (including phenoxy) is 1. The van der Waals surface area contributed by atoms with Crippen molar-refractivity contribution in [2.75, 3.05) is 26.3 Å². The van der Waals surface area contributed by atoms with E-state index in [-0.39, 0.29) is 1.43 Å². The van der Waals surface area contributed by atoms with Crippen molar-refractivity contribution in [2.24, 2.45) is 0 Å². The van der Waals surface area contributed by atoms with Crippen LogP contribution >= 0.6 is 0 Å². The standard InChI is InChI=1S/C12H27NO.H2/c1-3-10-13-11-8-6-5-7-9-12-14-4-2;/h13H,3-12H2,1-2H3;1H. The Kier molecular flexibility index (Phi) is 12.8. The quantitative estimate of drug-likeness (QED) is 0.521. The van der Waals surface area contributed by atoms with Crippen LogP contribution < -0.4 is 5.32 Å². The summed E-state index contributed by atoms with van der Waals surface area (Å²) in [6, 6.07) is 0. The maximum atomic E-state index is 5.28. The molecule has 14 heavy (non-hydrogen) atoms. The third-order valence-corrected chi connectivity index (χ3v) is 2.27. The van der Waals surface area contributed by atoms with E-state index in [0.717, 1.165) is 13.2 Å². The maximum Gasteiger partial charge on any atom is 0.0465 e. The van der Waals surface area contributed by atoms with Gasteiger partial charge in [0.2, 0.25) is 0 Å².